The monoisotopic (exact) mass is 457 g/mol. The van der Waals surface area contributed by atoms with Gasteiger partial charge in [-0.15, -0.1) is 0 Å². The molecule has 2 heterocycles. The number of benzene rings is 1. The fraction of sp³-hybridized carbons (Fsp3) is 0.458. The van der Waals surface area contributed by atoms with Crippen LogP contribution in [0.5, 0.6) is 5.75 Å². The fourth-order valence-corrected chi connectivity index (χ4v) is 3.69. The summed E-state index contributed by atoms with van der Waals surface area (Å²) in [5.74, 6) is 0.0669. The molecule has 0 spiro atoms. The number of nitrogens with zero attached hydrogens (tertiary/aromatic N) is 3. The van der Waals surface area contributed by atoms with E-state index in [0.717, 1.165) is 0 Å². The second-order valence-electron chi connectivity index (χ2n) is 9.91. The van der Waals surface area contributed by atoms with Crippen LogP contribution in [-0.4, -0.2) is 38.4 Å². The first-order valence-corrected chi connectivity index (χ1v) is 10.9. The predicted octanol–water partition coefficient (Wildman–Crippen LogP) is 4.83. The van der Waals surface area contributed by atoms with Crippen LogP contribution in [0.4, 0.5) is 15.0 Å². The van der Waals surface area contributed by atoms with Crippen molar-refractivity contribution in [1.29, 1.82) is 0 Å². The summed E-state index contributed by atoms with van der Waals surface area (Å²) < 4.78 is 28.0. The molecule has 1 atom stereocenters. The summed E-state index contributed by atoms with van der Waals surface area (Å²) in [5.41, 5.74) is 6.27. The number of alkyl carbamates (subject to hydrolysis) is 1. The predicted molar refractivity (Wildman–Crippen MR) is 126 cm³/mol. The van der Waals surface area contributed by atoms with E-state index >= 15 is 0 Å². The summed E-state index contributed by atoms with van der Waals surface area (Å²) in [6.07, 6.45) is 1.62. The Morgan fingerprint density at radius 3 is 2.58 bits per heavy atom. The van der Waals surface area contributed by atoms with Gasteiger partial charge in [-0.05, 0) is 58.2 Å². The Bertz CT molecular complexity index is 1140. The quantitative estimate of drug-likeness (QED) is 0.527. The van der Waals surface area contributed by atoms with Gasteiger partial charge in [0.25, 0.3) is 0 Å². The number of halogens is 1. The molecule has 1 amide bonds. The first kappa shape index (κ1) is 24.3. The molecule has 0 aliphatic heterocycles. The second kappa shape index (κ2) is 9.25. The Balaban J connectivity index is 1.79. The van der Waals surface area contributed by atoms with E-state index in [1.165, 1.54) is 6.07 Å². The number of aromatic nitrogens is 3. The Morgan fingerprint density at radius 2 is 1.94 bits per heavy atom. The summed E-state index contributed by atoms with van der Waals surface area (Å²) in [6, 6.07) is 7.98. The molecule has 0 bridgehead atoms. The van der Waals surface area contributed by atoms with E-state index in [-0.39, 0.29) is 18.3 Å². The van der Waals surface area contributed by atoms with E-state index in [1.54, 1.807) is 41.9 Å². The van der Waals surface area contributed by atoms with Crippen LogP contribution in [0.3, 0.4) is 0 Å². The van der Waals surface area contributed by atoms with Gasteiger partial charge >= 0.3 is 6.09 Å². The molecule has 0 aliphatic carbocycles. The van der Waals surface area contributed by atoms with Gasteiger partial charge < -0.3 is 20.5 Å². The van der Waals surface area contributed by atoms with Crippen LogP contribution in [0.1, 0.15) is 48.0 Å². The number of nitrogens with one attached hydrogen (secondary N) is 1. The van der Waals surface area contributed by atoms with Crippen molar-refractivity contribution in [2.24, 2.45) is 5.92 Å². The molecule has 33 heavy (non-hydrogen) atoms. The van der Waals surface area contributed by atoms with E-state index in [2.05, 4.69) is 15.4 Å². The van der Waals surface area contributed by atoms with E-state index in [0.29, 0.717) is 29.1 Å². The maximum absolute atomic E-state index is 15.0. The van der Waals surface area contributed by atoms with Gasteiger partial charge in [0.2, 0.25) is 0 Å². The van der Waals surface area contributed by atoms with Crippen LogP contribution in [0.2, 0.25) is 0 Å². The van der Waals surface area contributed by atoms with Crippen molar-refractivity contribution in [2.75, 3.05) is 12.3 Å². The fourth-order valence-electron chi connectivity index (χ4n) is 3.69. The normalized spacial score (nSPS) is 13.7. The summed E-state index contributed by atoms with van der Waals surface area (Å²) in [6.45, 7) is 11.4. The zero-order valence-corrected chi connectivity index (χ0v) is 20.0. The van der Waals surface area contributed by atoms with Crippen molar-refractivity contribution in [1.82, 2.24) is 19.9 Å². The molecule has 2 aromatic heterocycles. The number of nitrogens with two attached hydrogens (primary N) is 1. The lowest BCUT2D eigenvalue weighted by Gasteiger charge is -2.32. The smallest absolute Gasteiger partial charge is 0.408 e. The highest BCUT2D eigenvalue weighted by Gasteiger charge is 2.32. The Hall–Kier alpha value is -3.36. The number of carbonyl (C=O) groups is 1. The minimum Gasteiger partial charge on any atom is -0.486 e. The van der Waals surface area contributed by atoms with Crippen molar-refractivity contribution in [3.8, 4) is 17.0 Å². The third kappa shape index (κ3) is 6.34. The van der Waals surface area contributed by atoms with Gasteiger partial charge in [0.05, 0.1) is 11.9 Å². The van der Waals surface area contributed by atoms with Crippen molar-refractivity contribution >= 4 is 17.6 Å². The third-order valence-electron chi connectivity index (χ3n) is 4.80. The SMILES string of the molecule is CC(C)C[C@@](C)(COc1ccc(-c2cc(N)nc3ccnn23)cc1F)OC(=O)NC(C)(C)C. The van der Waals surface area contributed by atoms with Crippen molar-refractivity contribution in [2.45, 2.75) is 59.1 Å². The average Bonchev–Trinajstić information content (AvgIpc) is 3.12. The standard InChI is InChI=1S/C24H32FN5O3/c1-15(2)13-24(6,33-22(31)29-23(3,4)5)14-32-19-8-7-16(11-17(19)25)18-12-20(26)28-21-9-10-27-30(18)21/h7-12,15H,13-14H2,1-6H3,(H2,26,28)(H,29,31)/t24-/m0/s1. The summed E-state index contributed by atoms with van der Waals surface area (Å²) in [7, 11) is 0. The van der Waals surface area contributed by atoms with Crippen LogP contribution in [0.15, 0.2) is 36.5 Å². The second-order valence-corrected chi connectivity index (χ2v) is 9.91. The number of amides is 1. The van der Waals surface area contributed by atoms with Crippen molar-refractivity contribution in [3.63, 3.8) is 0 Å². The molecule has 8 nitrogen and oxygen atoms in total. The van der Waals surface area contributed by atoms with Crippen LogP contribution in [0.25, 0.3) is 16.9 Å². The van der Waals surface area contributed by atoms with Gasteiger partial charge in [-0.1, -0.05) is 13.8 Å². The van der Waals surface area contributed by atoms with Gasteiger partial charge in [0.15, 0.2) is 17.2 Å². The van der Waals surface area contributed by atoms with Gasteiger partial charge in [0, 0.05) is 23.2 Å². The van der Waals surface area contributed by atoms with Crippen LogP contribution < -0.4 is 15.8 Å². The summed E-state index contributed by atoms with van der Waals surface area (Å²) in [5, 5.41) is 7.01. The first-order valence-electron chi connectivity index (χ1n) is 10.9. The molecule has 0 saturated carbocycles. The third-order valence-corrected chi connectivity index (χ3v) is 4.80. The molecule has 3 N–H and O–H groups in total. The van der Waals surface area contributed by atoms with E-state index in [1.807, 2.05) is 34.6 Å². The van der Waals surface area contributed by atoms with E-state index in [4.69, 9.17) is 15.2 Å². The number of hydrogen-bond donors (Lipinski definition) is 2. The molecular formula is C24H32FN5O3. The number of anilines is 1. The molecule has 1 aromatic carbocycles. The summed E-state index contributed by atoms with van der Waals surface area (Å²) in [4.78, 5) is 16.6. The minimum atomic E-state index is -0.935. The Kier molecular flexibility index (Phi) is 6.81. The van der Waals surface area contributed by atoms with Crippen LogP contribution in [0, 0.1) is 11.7 Å². The molecular weight excluding hydrogens is 425 g/mol. The van der Waals surface area contributed by atoms with Crippen LogP contribution in [-0.2, 0) is 4.74 Å². The molecule has 0 unspecified atom stereocenters. The highest BCUT2D eigenvalue weighted by molar-refractivity contribution is 5.69. The maximum atomic E-state index is 15.0. The van der Waals surface area contributed by atoms with Crippen molar-refractivity contribution < 1.29 is 18.7 Å². The van der Waals surface area contributed by atoms with Gasteiger partial charge in [-0.3, -0.25) is 0 Å². The molecule has 178 valence electrons. The molecule has 9 heteroatoms. The van der Waals surface area contributed by atoms with Gasteiger partial charge in [-0.25, -0.2) is 18.7 Å². The van der Waals surface area contributed by atoms with E-state index in [9.17, 15) is 9.18 Å². The van der Waals surface area contributed by atoms with Crippen LogP contribution >= 0.6 is 0 Å². The Labute approximate surface area is 193 Å². The molecule has 0 radical (unpaired) electrons. The Morgan fingerprint density at radius 1 is 1.21 bits per heavy atom. The number of rotatable bonds is 7. The highest BCUT2D eigenvalue weighted by Crippen LogP contribution is 2.29. The lowest BCUT2D eigenvalue weighted by molar-refractivity contribution is -0.0257. The number of nitrogen functional groups attached to an aromatic ring is 1. The topological polar surface area (TPSA) is 104 Å². The van der Waals surface area contributed by atoms with Gasteiger partial charge in [-0.2, -0.15) is 5.10 Å². The van der Waals surface area contributed by atoms with Crippen molar-refractivity contribution in [3.05, 3.63) is 42.3 Å². The lowest BCUT2D eigenvalue weighted by atomic mass is 9.95. The number of ether oxygens (including phenoxy) is 2. The number of carbonyl (C=O) groups excluding carboxylic acids is 1. The number of hydrogen-bond acceptors (Lipinski definition) is 6. The minimum absolute atomic E-state index is 0.00458. The first-order chi connectivity index (χ1) is 15.3. The zero-order chi connectivity index (χ0) is 24.4. The number of fused-ring (bicyclic) bond motifs is 1. The molecule has 0 aliphatic rings. The lowest BCUT2D eigenvalue weighted by Crippen LogP contribution is -2.47. The molecule has 3 aromatic rings. The summed E-state index contributed by atoms with van der Waals surface area (Å²) >= 11 is 0. The van der Waals surface area contributed by atoms with E-state index < -0.39 is 23.1 Å². The zero-order valence-electron chi connectivity index (χ0n) is 20.0. The molecule has 0 fully saturated rings. The maximum Gasteiger partial charge on any atom is 0.408 e. The van der Waals surface area contributed by atoms with Gasteiger partial charge in [0.1, 0.15) is 18.0 Å². The largest absolute Gasteiger partial charge is 0.486 e. The molecule has 3 rings (SSSR count). The highest BCUT2D eigenvalue weighted by atomic mass is 19.1. The average molecular weight is 458 g/mol. The molecule has 0 saturated heterocycles.